The number of H-pyrrole nitrogens is 1. The van der Waals surface area contributed by atoms with Crippen LogP contribution < -0.4 is 0 Å². The Kier molecular flexibility index (Phi) is 4.62. The summed E-state index contributed by atoms with van der Waals surface area (Å²) in [6.45, 7) is 2.56. The molecular formula is C26H23FN2O. The Morgan fingerprint density at radius 3 is 2.50 bits per heavy atom. The molecule has 1 unspecified atom stereocenters. The number of aryl methyl sites for hydroxylation is 1. The molecule has 0 aliphatic carbocycles. The number of benzene rings is 3. The van der Waals surface area contributed by atoms with Crippen molar-refractivity contribution in [3.63, 3.8) is 0 Å². The zero-order valence-electron chi connectivity index (χ0n) is 16.9. The summed E-state index contributed by atoms with van der Waals surface area (Å²) >= 11 is 0. The van der Waals surface area contributed by atoms with Gasteiger partial charge >= 0.3 is 0 Å². The van der Waals surface area contributed by atoms with Crippen molar-refractivity contribution >= 4 is 16.8 Å². The zero-order valence-corrected chi connectivity index (χ0v) is 16.9. The molecule has 150 valence electrons. The normalized spacial score (nSPS) is 16.5. The minimum Gasteiger partial charge on any atom is -0.354 e. The van der Waals surface area contributed by atoms with Gasteiger partial charge in [0.05, 0.1) is 11.7 Å². The second-order valence-corrected chi connectivity index (χ2v) is 8.03. The molecule has 1 fully saturated rings. The molecule has 0 radical (unpaired) electrons. The van der Waals surface area contributed by atoms with E-state index in [1.165, 1.54) is 23.3 Å². The Bertz CT molecular complexity index is 1210. The quantitative estimate of drug-likeness (QED) is 0.440. The van der Waals surface area contributed by atoms with Gasteiger partial charge in [-0.05, 0) is 42.7 Å². The fraction of sp³-hybridized carbons (Fsp3) is 0.192. The van der Waals surface area contributed by atoms with Crippen LogP contribution in [0.15, 0.2) is 72.8 Å². The SMILES string of the molecule is Cc1ccc(-c2[nH]c3ccccc3c2C2CCC(=O)N2Cc2ccc(F)cc2)cc1. The Hall–Kier alpha value is -3.40. The summed E-state index contributed by atoms with van der Waals surface area (Å²) in [6, 6.07) is 23.2. The van der Waals surface area contributed by atoms with Crippen molar-refractivity contribution in [1.29, 1.82) is 0 Å². The van der Waals surface area contributed by atoms with Crippen LogP contribution in [0.1, 0.15) is 35.6 Å². The van der Waals surface area contributed by atoms with E-state index in [0.717, 1.165) is 34.1 Å². The minimum absolute atomic E-state index is 0.0185. The van der Waals surface area contributed by atoms with Crippen molar-refractivity contribution in [3.8, 4) is 11.3 Å². The number of nitrogens with zero attached hydrogens (tertiary/aromatic N) is 1. The van der Waals surface area contributed by atoms with Gasteiger partial charge in [-0.25, -0.2) is 4.39 Å². The third-order valence-electron chi connectivity index (χ3n) is 6.01. The van der Waals surface area contributed by atoms with Crippen LogP contribution in [0.4, 0.5) is 4.39 Å². The van der Waals surface area contributed by atoms with Crippen LogP contribution in [-0.4, -0.2) is 15.8 Å². The zero-order chi connectivity index (χ0) is 20.7. The van der Waals surface area contributed by atoms with Gasteiger partial charge in [0.15, 0.2) is 0 Å². The molecule has 1 aliphatic heterocycles. The van der Waals surface area contributed by atoms with E-state index < -0.39 is 0 Å². The summed E-state index contributed by atoms with van der Waals surface area (Å²) in [5, 5.41) is 1.15. The number of likely N-dealkylation sites (tertiary alicyclic amines) is 1. The van der Waals surface area contributed by atoms with Crippen LogP contribution in [-0.2, 0) is 11.3 Å². The lowest BCUT2D eigenvalue weighted by atomic mass is 9.96. The number of hydrogen-bond donors (Lipinski definition) is 1. The first kappa shape index (κ1) is 18.6. The van der Waals surface area contributed by atoms with Gasteiger partial charge < -0.3 is 9.88 Å². The largest absolute Gasteiger partial charge is 0.354 e. The molecule has 1 aliphatic rings. The van der Waals surface area contributed by atoms with Gasteiger partial charge in [-0.1, -0.05) is 60.2 Å². The maximum Gasteiger partial charge on any atom is 0.223 e. The first-order valence-corrected chi connectivity index (χ1v) is 10.3. The van der Waals surface area contributed by atoms with Gasteiger partial charge in [-0.15, -0.1) is 0 Å². The number of halogens is 1. The van der Waals surface area contributed by atoms with Gasteiger partial charge in [0.2, 0.25) is 5.91 Å². The molecule has 4 aromatic rings. The molecule has 2 heterocycles. The van der Waals surface area contributed by atoms with E-state index in [-0.39, 0.29) is 17.8 Å². The van der Waals surface area contributed by atoms with E-state index >= 15 is 0 Å². The fourth-order valence-corrected chi connectivity index (χ4v) is 4.48. The Morgan fingerprint density at radius 2 is 1.73 bits per heavy atom. The maximum absolute atomic E-state index is 13.3. The highest BCUT2D eigenvalue weighted by atomic mass is 19.1. The number of aromatic amines is 1. The third-order valence-corrected chi connectivity index (χ3v) is 6.01. The predicted molar refractivity (Wildman–Crippen MR) is 117 cm³/mol. The average molecular weight is 398 g/mol. The Labute approximate surface area is 175 Å². The van der Waals surface area contributed by atoms with Crippen molar-refractivity contribution < 1.29 is 9.18 Å². The van der Waals surface area contributed by atoms with E-state index in [1.807, 2.05) is 17.0 Å². The number of fused-ring (bicyclic) bond motifs is 1. The van der Waals surface area contributed by atoms with Crippen molar-refractivity contribution in [2.24, 2.45) is 0 Å². The van der Waals surface area contributed by atoms with Crippen molar-refractivity contribution in [3.05, 3.63) is 95.3 Å². The smallest absolute Gasteiger partial charge is 0.223 e. The number of hydrogen-bond acceptors (Lipinski definition) is 1. The van der Waals surface area contributed by atoms with E-state index in [0.29, 0.717) is 13.0 Å². The second kappa shape index (κ2) is 7.45. The highest BCUT2D eigenvalue weighted by molar-refractivity contribution is 5.92. The number of nitrogens with one attached hydrogen (secondary N) is 1. The Morgan fingerprint density at radius 1 is 1.00 bits per heavy atom. The first-order chi connectivity index (χ1) is 14.6. The molecule has 5 rings (SSSR count). The molecule has 30 heavy (non-hydrogen) atoms. The summed E-state index contributed by atoms with van der Waals surface area (Å²) in [6.07, 6.45) is 1.31. The lowest BCUT2D eigenvalue weighted by Gasteiger charge is -2.26. The van der Waals surface area contributed by atoms with Crippen LogP contribution in [0.25, 0.3) is 22.2 Å². The molecule has 3 aromatic carbocycles. The van der Waals surface area contributed by atoms with E-state index in [4.69, 9.17) is 0 Å². The molecule has 0 saturated carbocycles. The van der Waals surface area contributed by atoms with Crippen molar-refractivity contribution in [2.45, 2.75) is 32.4 Å². The number of para-hydroxylation sites is 1. The molecular weight excluding hydrogens is 375 g/mol. The molecule has 4 heteroatoms. The van der Waals surface area contributed by atoms with Crippen LogP contribution in [0.3, 0.4) is 0 Å². The highest BCUT2D eigenvalue weighted by Gasteiger charge is 2.35. The van der Waals surface area contributed by atoms with Gasteiger partial charge in [0, 0.05) is 29.4 Å². The first-order valence-electron chi connectivity index (χ1n) is 10.3. The van der Waals surface area contributed by atoms with Crippen molar-refractivity contribution in [2.75, 3.05) is 0 Å². The standard InChI is InChI=1S/C26H23FN2O/c1-17-6-10-19(11-7-17)26-25(21-4-2-3-5-22(21)28-26)23-14-15-24(30)29(23)16-18-8-12-20(27)13-9-18/h2-13,23,28H,14-16H2,1H3. The topological polar surface area (TPSA) is 36.1 Å². The molecule has 0 bridgehead atoms. The Balaban J connectivity index is 1.61. The predicted octanol–water partition coefficient (Wildman–Crippen LogP) is 6.15. The maximum atomic E-state index is 13.3. The van der Waals surface area contributed by atoms with E-state index in [2.05, 4.69) is 48.3 Å². The van der Waals surface area contributed by atoms with Gasteiger partial charge in [0.25, 0.3) is 0 Å². The molecule has 1 atom stereocenters. The highest BCUT2D eigenvalue weighted by Crippen LogP contribution is 2.43. The number of aromatic nitrogens is 1. The minimum atomic E-state index is -0.263. The molecule has 1 aromatic heterocycles. The van der Waals surface area contributed by atoms with Crippen LogP contribution >= 0.6 is 0 Å². The molecule has 1 N–H and O–H groups in total. The number of carbonyl (C=O) groups is 1. The number of carbonyl (C=O) groups excluding carboxylic acids is 1. The molecule has 1 amide bonds. The van der Waals surface area contributed by atoms with Crippen LogP contribution in [0, 0.1) is 12.7 Å². The lowest BCUT2D eigenvalue weighted by Crippen LogP contribution is -2.27. The average Bonchev–Trinajstić information content (AvgIpc) is 3.31. The monoisotopic (exact) mass is 398 g/mol. The summed E-state index contributed by atoms with van der Waals surface area (Å²) in [4.78, 5) is 18.4. The number of rotatable bonds is 4. The molecule has 1 saturated heterocycles. The summed E-state index contributed by atoms with van der Waals surface area (Å²) in [5.41, 5.74) is 6.58. The third kappa shape index (κ3) is 3.28. The van der Waals surface area contributed by atoms with Gasteiger partial charge in [-0.3, -0.25) is 4.79 Å². The summed E-state index contributed by atoms with van der Waals surface area (Å²) < 4.78 is 13.3. The van der Waals surface area contributed by atoms with E-state index in [1.54, 1.807) is 12.1 Å². The van der Waals surface area contributed by atoms with Crippen LogP contribution in [0.2, 0.25) is 0 Å². The molecule has 3 nitrogen and oxygen atoms in total. The fourth-order valence-electron chi connectivity index (χ4n) is 4.48. The summed E-state index contributed by atoms with van der Waals surface area (Å²) in [7, 11) is 0. The van der Waals surface area contributed by atoms with Gasteiger partial charge in [-0.2, -0.15) is 0 Å². The van der Waals surface area contributed by atoms with Gasteiger partial charge in [0.1, 0.15) is 5.82 Å². The second-order valence-electron chi connectivity index (χ2n) is 8.03. The summed E-state index contributed by atoms with van der Waals surface area (Å²) in [5.74, 6) is -0.120. The lowest BCUT2D eigenvalue weighted by molar-refractivity contribution is -0.129. The van der Waals surface area contributed by atoms with Crippen LogP contribution in [0.5, 0.6) is 0 Å². The van der Waals surface area contributed by atoms with E-state index in [9.17, 15) is 9.18 Å². The number of amides is 1. The molecule has 0 spiro atoms. The van der Waals surface area contributed by atoms with Crippen molar-refractivity contribution in [1.82, 2.24) is 9.88 Å².